The summed E-state index contributed by atoms with van der Waals surface area (Å²) in [5.74, 6) is -2.09. The predicted molar refractivity (Wildman–Crippen MR) is 107 cm³/mol. The lowest BCUT2D eigenvalue weighted by Gasteiger charge is -2.49. The lowest BCUT2D eigenvalue weighted by Crippen LogP contribution is -2.70. The number of aliphatic hydroxyl groups excluding tert-OH is 1. The summed E-state index contributed by atoms with van der Waals surface area (Å²) in [6, 6.07) is 7.47. The molecule has 0 bridgehead atoms. The Kier molecular flexibility index (Phi) is 5.58. The van der Waals surface area contributed by atoms with Gasteiger partial charge in [0.2, 0.25) is 0 Å². The van der Waals surface area contributed by atoms with Crippen molar-refractivity contribution >= 4 is 52.6 Å². The molecule has 1 aromatic carbocycles. The van der Waals surface area contributed by atoms with Crippen LogP contribution < -0.4 is 5.32 Å². The first-order valence-electron chi connectivity index (χ1n) is 8.36. The molecule has 4 rings (SSSR count). The predicted octanol–water partition coefficient (Wildman–Crippen LogP) is 1.06. The van der Waals surface area contributed by atoms with E-state index in [2.05, 4.69) is 15.5 Å². The minimum absolute atomic E-state index is 0.104. The maximum Gasteiger partial charge on any atom is 0.353 e. The molecule has 9 nitrogen and oxygen atoms in total. The number of rotatable bonds is 6. The monoisotopic (exact) mass is 450 g/mol. The van der Waals surface area contributed by atoms with Crippen LogP contribution in [0.4, 0.5) is 0 Å². The van der Waals surface area contributed by atoms with Crippen molar-refractivity contribution in [2.24, 2.45) is 0 Å². The molecule has 3 N–H and O–H groups in total. The van der Waals surface area contributed by atoms with Gasteiger partial charge in [-0.3, -0.25) is 14.5 Å². The number of aliphatic carboxylic acids is 1. The number of aromatic nitrogens is 2. The van der Waals surface area contributed by atoms with Crippen molar-refractivity contribution in [3.63, 3.8) is 0 Å². The molecule has 3 atom stereocenters. The van der Waals surface area contributed by atoms with E-state index in [0.29, 0.717) is 20.6 Å². The standard InChI is InChI=1S/C17H14N4O5S3/c22-12(8-4-2-1-3-5-8)13(23)19-10-14(24)21-11(16(25)26)9(6-27-15(10)21)29-17-20-18-7-28-17/h1-5,7,10,12,15,22H,6H2,(H,19,23)(H,25,26)/t10-,12?,15+/m1/s1. The Labute approximate surface area is 177 Å². The van der Waals surface area contributed by atoms with E-state index in [9.17, 15) is 24.6 Å². The van der Waals surface area contributed by atoms with Gasteiger partial charge in [0, 0.05) is 10.7 Å². The van der Waals surface area contributed by atoms with Crippen molar-refractivity contribution in [1.82, 2.24) is 20.4 Å². The Balaban J connectivity index is 1.49. The molecule has 0 radical (unpaired) electrons. The molecule has 29 heavy (non-hydrogen) atoms. The minimum atomic E-state index is -1.41. The number of carboxylic acid groups (broad SMARTS) is 1. The number of carbonyl (C=O) groups excluding carboxylic acids is 2. The van der Waals surface area contributed by atoms with Crippen LogP contribution in [0.5, 0.6) is 0 Å². The highest BCUT2D eigenvalue weighted by Crippen LogP contribution is 2.45. The number of hydrogen-bond acceptors (Lipinski definition) is 9. The van der Waals surface area contributed by atoms with E-state index in [0.717, 1.165) is 0 Å². The first-order chi connectivity index (χ1) is 14.0. The molecule has 1 fully saturated rings. The quantitative estimate of drug-likeness (QED) is 0.553. The van der Waals surface area contributed by atoms with Crippen molar-refractivity contribution in [2.45, 2.75) is 21.9 Å². The first-order valence-corrected chi connectivity index (χ1v) is 11.1. The summed E-state index contributed by atoms with van der Waals surface area (Å²) in [6.45, 7) is 0. The number of amides is 2. The van der Waals surface area contributed by atoms with E-state index in [1.54, 1.807) is 35.8 Å². The number of carbonyl (C=O) groups is 3. The maximum atomic E-state index is 12.6. The fourth-order valence-electron chi connectivity index (χ4n) is 3.00. The zero-order chi connectivity index (χ0) is 20.5. The van der Waals surface area contributed by atoms with Crippen molar-refractivity contribution in [1.29, 1.82) is 0 Å². The smallest absolute Gasteiger partial charge is 0.353 e. The number of β-lactam (4-membered cyclic amide) rings is 1. The van der Waals surface area contributed by atoms with Gasteiger partial charge in [-0.15, -0.1) is 22.0 Å². The summed E-state index contributed by atoms with van der Waals surface area (Å²) in [5.41, 5.74) is 1.85. The lowest BCUT2D eigenvalue weighted by molar-refractivity contribution is -0.151. The molecule has 12 heteroatoms. The van der Waals surface area contributed by atoms with Crippen LogP contribution in [0, 0.1) is 0 Å². The number of thioether (sulfide) groups is 2. The van der Waals surface area contributed by atoms with Crippen LogP contribution >= 0.6 is 34.9 Å². The van der Waals surface area contributed by atoms with Crippen molar-refractivity contribution < 1.29 is 24.6 Å². The largest absolute Gasteiger partial charge is 0.477 e. The molecule has 2 amide bonds. The minimum Gasteiger partial charge on any atom is -0.477 e. The van der Waals surface area contributed by atoms with Crippen LogP contribution in [0.25, 0.3) is 0 Å². The number of carboxylic acids is 1. The van der Waals surface area contributed by atoms with Crippen LogP contribution in [-0.2, 0) is 14.4 Å². The molecule has 0 spiro atoms. The molecule has 2 aliphatic heterocycles. The second-order valence-corrected chi connectivity index (χ2v) is 9.37. The number of nitrogens with zero attached hydrogens (tertiary/aromatic N) is 3. The second kappa shape index (κ2) is 8.14. The number of benzene rings is 1. The van der Waals surface area contributed by atoms with Gasteiger partial charge in [0.1, 0.15) is 22.6 Å². The molecule has 0 aliphatic carbocycles. The van der Waals surface area contributed by atoms with Crippen LogP contribution in [0.1, 0.15) is 11.7 Å². The van der Waals surface area contributed by atoms with Gasteiger partial charge in [-0.05, 0) is 5.56 Å². The fourth-order valence-corrected chi connectivity index (χ4v) is 6.12. The molecule has 150 valence electrons. The molecule has 1 saturated heterocycles. The first kappa shape index (κ1) is 19.9. The summed E-state index contributed by atoms with van der Waals surface area (Å²) >= 11 is 3.79. The van der Waals surface area contributed by atoms with Gasteiger partial charge >= 0.3 is 5.97 Å². The highest BCUT2D eigenvalue weighted by Gasteiger charge is 2.54. The van der Waals surface area contributed by atoms with Crippen molar-refractivity contribution in [3.05, 3.63) is 52.0 Å². The third kappa shape index (κ3) is 3.75. The van der Waals surface area contributed by atoms with Gasteiger partial charge in [-0.2, -0.15) is 0 Å². The third-order valence-corrected chi connectivity index (χ3v) is 7.67. The Hall–Kier alpha value is -2.41. The third-order valence-electron chi connectivity index (χ3n) is 4.35. The van der Waals surface area contributed by atoms with E-state index in [1.807, 2.05) is 0 Å². The van der Waals surface area contributed by atoms with Crippen LogP contribution in [0.15, 0.2) is 50.8 Å². The molecule has 1 aromatic heterocycles. The van der Waals surface area contributed by atoms with Gasteiger partial charge in [-0.25, -0.2) is 4.79 Å². The number of aliphatic hydroxyl groups is 1. The summed E-state index contributed by atoms with van der Waals surface area (Å²) in [7, 11) is 0. The Morgan fingerprint density at radius 3 is 2.72 bits per heavy atom. The maximum absolute atomic E-state index is 12.6. The Morgan fingerprint density at radius 2 is 2.07 bits per heavy atom. The highest BCUT2D eigenvalue weighted by atomic mass is 32.2. The van der Waals surface area contributed by atoms with E-state index in [4.69, 9.17) is 0 Å². The summed E-state index contributed by atoms with van der Waals surface area (Å²) in [6.07, 6.45) is -1.41. The van der Waals surface area contributed by atoms with Gasteiger partial charge in [0.25, 0.3) is 11.8 Å². The molecular weight excluding hydrogens is 436 g/mol. The lowest BCUT2D eigenvalue weighted by atomic mass is 10.0. The highest BCUT2D eigenvalue weighted by molar-refractivity contribution is 8.07. The van der Waals surface area contributed by atoms with E-state index < -0.39 is 35.3 Å². The summed E-state index contributed by atoms with van der Waals surface area (Å²) < 4.78 is 0.585. The van der Waals surface area contributed by atoms with Gasteiger partial charge in [-0.1, -0.05) is 53.4 Å². The number of hydrogen-bond donors (Lipinski definition) is 3. The zero-order valence-electron chi connectivity index (χ0n) is 14.6. The van der Waals surface area contributed by atoms with Crippen molar-refractivity contribution in [3.8, 4) is 0 Å². The zero-order valence-corrected chi connectivity index (χ0v) is 17.0. The van der Waals surface area contributed by atoms with E-state index in [1.165, 1.54) is 39.8 Å². The van der Waals surface area contributed by atoms with Gasteiger partial charge in [0.05, 0.1) is 0 Å². The van der Waals surface area contributed by atoms with Crippen LogP contribution in [0.3, 0.4) is 0 Å². The topological polar surface area (TPSA) is 133 Å². The van der Waals surface area contributed by atoms with E-state index >= 15 is 0 Å². The van der Waals surface area contributed by atoms with E-state index in [-0.39, 0.29) is 5.70 Å². The molecule has 3 heterocycles. The molecular formula is C17H14N4O5S3. The second-order valence-electron chi connectivity index (χ2n) is 6.09. The number of nitrogens with one attached hydrogen (secondary N) is 1. The average molecular weight is 451 g/mol. The van der Waals surface area contributed by atoms with Crippen LogP contribution in [-0.4, -0.2) is 60.3 Å². The normalized spacial score (nSPS) is 22.0. The SMILES string of the molecule is O=C(O)C1=C(Sc2nncs2)CS[C@H]2[C@H](NC(=O)C(O)c3ccccc3)C(=O)N12. The Bertz CT molecular complexity index is 982. The Morgan fingerprint density at radius 1 is 1.31 bits per heavy atom. The average Bonchev–Trinajstić information content (AvgIpc) is 3.24. The molecule has 0 saturated carbocycles. The van der Waals surface area contributed by atoms with Gasteiger partial charge < -0.3 is 15.5 Å². The molecule has 2 aliphatic rings. The number of fused-ring (bicyclic) bond motifs is 1. The van der Waals surface area contributed by atoms with Gasteiger partial charge in [0.15, 0.2) is 10.4 Å². The molecule has 2 aromatic rings. The summed E-state index contributed by atoms with van der Waals surface area (Å²) in [4.78, 5) is 38.5. The van der Waals surface area contributed by atoms with Crippen molar-refractivity contribution in [2.75, 3.05) is 5.75 Å². The van der Waals surface area contributed by atoms with Crippen LogP contribution in [0.2, 0.25) is 0 Å². The molecule has 1 unspecified atom stereocenters. The summed E-state index contributed by atoms with van der Waals surface area (Å²) in [5, 5.41) is 29.5. The fraction of sp³-hybridized carbons (Fsp3) is 0.235.